The topological polar surface area (TPSA) is 88.2 Å². The van der Waals surface area contributed by atoms with Crippen LogP contribution in [0, 0.1) is 6.92 Å². The third-order valence-electron chi connectivity index (χ3n) is 4.53. The van der Waals surface area contributed by atoms with Gasteiger partial charge in [0.05, 0.1) is 26.3 Å². The van der Waals surface area contributed by atoms with Gasteiger partial charge in [0.2, 0.25) is 5.91 Å². The number of methoxy groups -OCH3 is 2. The summed E-state index contributed by atoms with van der Waals surface area (Å²) in [5.74, 6) is -1.36. The van der Waals surface area contributed by atoms with E-state index in [0.29, 0.717) is 10.6 Å². The second-order valence-corrected chi connectivity index (χ2v) is 7.43. The lowest BCUT2D eigenvalue weighted by Crippen LogP contribution is -2.48. The third kappa shape index (κ3) is 5.27. The van der Waals surface area contributed by atoms with Crippen molar-refractivity contribution in [1.29, 1.82) is 0 Å². The standard InChI is InChI=1S/C18H27N3O5S/c1-5-6-20-7-9-21(10-8-20)11-13(22)19-16-14(17(23)25-3)12(2)15(27-16)18(24)26-4/h5-11H2,1-4H3,(H,19,22). The highest BCUT2D eigenvalue weighted by Crippen LogP contribution is 2.34. The fourth-order valence-electron chi connectivity index (χ4n) is 3.09. The lowest BCUT2D eigenvalue weighted by atomic mass is 10.1. The first-order valence-corrected chi connectivity index (χ1v) is 9.77. The monoisotopic (exact) mass is 397 g/mol. The predicted octanol–water partition coefficient (Wildman–Crippen LogP) is 1.60. The Morgan fingerprint density at radius 2 is 1.63 bits per heavy atom. The summed E-state index contributed by atoms with van der Waals surface area (Å²) in [6, 6.07) is 0. The second-order valence-electron chi connectivity index (χ2n) is 6.41. The van der Waals surface area contributed by atoms with Gasteiger partial charge in [-0.2, -0.15) is 0 Å². The number of amides is 1. The van der Waals surface area contributed by atoms with Crippen LogP contribution in [0.1, 0.15) is 38.9 Å². The predicted molar refractivity (Wildman–Crippen MR) is 104 cm³/mol. The molecule has 1 aliphatic heterocycles. The highest BCUT2D eigenvalue weighted by molar-refractivity contribution is 7.18. The summed E-state index contributed by atoms with van der Waals surface area (Å²) < 4.78 is 9.55. The van der Waals surface area contributed by atoms with Crippen molar-refractivity contribution >= 4 is 34.2 Å². The van der Waals surface area contributed by atoms with Crippen LogP contribution < -0.4 is 5.32 Å². The molecule has 1 aromatic heterocycles. The summed E-state index contributed by atoms with van der Waals surface area (Å²) in [6.45, 7) is 8.65. The lowest BCUT2D eigenvalue weighted by molar-refractivity contribution is -0.117. The Hall–Kier alpha value is -1.97. The van der Waals surface area contributed by atoms with Gasteiger partial charge in [-0.1, -0.05) is 6.92 Å². The van der Waals surface area contributed by atoms with Gasteiger partial charge in [0.1, 0.15) is 9.88 Å². The number of carbonyl (C=O) groups excluding carboxylic acids is 3. The molecule has 0 atom stereocenters. The van der Waals surface area contributed by atoms with Crippen molar-refractivity contribution in [2.24, 2.45) is 0 Å². The van der Waals surface area contributed by atoms with E-state index in [9.17, 15) is 14.4 Å². The first kappa shape index (κ1) is 21.3. The maximum atomic E-state index is 12.5. The molecule has 0 aromatic carbocycles. The Kier molecular flexibility index (Phi) is 7.76. The van der Waals surface area contributed by atoms with Crippen molar-refractivity contribution in [3.05, 3.63) is 16.0 Å². The average molecular weight is 397 g/mol. The summed E-state index contributed by atoms with van der Waals surface area (Å²) in [4.78, 5) is 41.3. The molecule has 1 amide bonds. The van der Waals surface area contributed by atoms with Crippen LogP contribution >= 0.6 is 11.3 Å². The zero-order valence-corrected chi connectivity index (χ0v) is 17.1. The van der Waals surface area contributed by atoms with E-state index in [1.165, 1.54) is 14.2 Å². The molecule has 2 rings (SSSR count). The number of hydrogen-bond donors (Lipinski definition) is 1. The molecule has 0 bridgehead atoms. The number of thiophene rings is 1. The third-order valence-corrected chi connectivity index (χ3v) is 5.72. The van der Waals surface area contributed by atoms with E-state index in [4.69, 9.17) is 9.47 Å². The molecule has 150 valence electrons. The maximum Gasteiger partial charge on any atom is 0.348 e. The first-order chi connectivity index (χ1) is 12.9. The van der Waals surface area contributed by atoms with Crippen molar-refractivity contribution < 1.29 is 23.9 Å². The normalized spacial score (nSPS) is 15.4. The molecule has 0 saturated carbocycles. The molecule has 1 aromatic rings. The first-order valence-electron chi connectivity index (χ1n) is 8.95. The number of esters is 2. The lowest BCUT2D eigenvalue weighted by Gasteiger charge is -2.34. The highest BCUT2D eigenvalue weighted by Gasteiger charge is 2.27. The van der Waals surface area contributed by atoms with Crippen molar-refractivity contribution in [3.8, 4) is 0 Å². The van der Waals surface area contributed by atoms with Crippen molar-refractivity contribution in [3.63, 3.8) is 0 Å². The van der Waals surface area contributed by atoms with E-state index in [1.807, 2.05) is 0 Å². The molecule has 1 N–H and O–H groups in total. The van der Waals surface area contributed by atoms with Gasteiger partial charge < -0.3 is 19.7 Å². The second kappa shape index (κ2) is 9.82. The van der Waals surface area contributed by atoms with Gasteiger partial charge in [0.15, 0.2) is 0 Å². The SMILES string of the molecule is CCCN1CCN(CC(=O)Nc2sc(C(=O)OC)c(C)c2C(=O)OC)CC1. The smallest absolute Gasteiger partial charge is 0.348 e. The van der Waals surface area contributed by atoms with Crippen LogP contribution in [0.25, 0.3) is 0 Å². The van der Waals surface area contributed by atoms with Crippen LogP contribution in [0.15, 0.2) is 0 Å². The number of hydrogen-bond acceptors (Lipinski definition) is 8. The van der Waals surface area contributed by atoms with E-state index >= 15 is 0 Å². The molecular formula is C18H27N3O5S. The van der Waals surface area contributed by atoms with Gasteiger partial charge in [-0.15, -0.1) is 11.3 Å². The number of piperazine rings is 1. The van der Waals surface area contributed by atoms with Crippen molar-refractivity contribution in [2.45, 2.75) is 20.3 Å². The van der Waals surface area contributed by atoms with Gasteiger partial charge >= 0.3 is 11.9 Å². The van der Waals surface area contributed by atoms with Gasteiger partial charge in [-0.25, -0.2) is 9.59 Å². The molecule has 0 radical (unpaired) electrons. The Morgan fingerprint density at radius 1 is 1.04 bits per heavy atom. The molecular weight excluding hydrogens is 370 g/mol. The Balaban J connectivity index is 2.06. The Morgan fingerprint density at radius 3 is 2.19 bits per heavy atom. The molecule has 0 unspecified atom stereocenters. The molecule has 1 fully saturated rings. The van der Waals surface area contributed by atoms with Crippen molar-refractivity contribution in [1.82, 2.24) is 9.80 Å². The van der Waals surface area contributed by atoms with E-state index in [-0.39, 0.29) is 22.9 Å². The van der Waals surface area contributed by atoms with Crippen LogP contribution in [-0.4, -0.2) is 81.1 Å². The van der Waals surface area contributed by atoms with Crippen molar-refractivity contribution in [2.75, 3.05) is 58.8 Å². The number of rotatable bonds is 7. The Labute approximate surface area is 163 Å². The number of ether oxygens (including phenoxy) is 2. The average Bonchev–Trinajstić information content (AvgIpc) is 2.98. The largest absolute Gasteiger partial charge is 0.465 e. The van der Waals surface area contributed by atoms with Gasteiger partial charge in [-0.3, -0.25) is 9.69 Å². The molecule has 0 aliphatic carbocycles. The fraction of sp³-hybridized carbons (Fsp3) is 0.611. The van der Waals surface area contributed by atoms with Crippen LogP contribution in [0.4, 0.5) is 5.00 Å². The maximum absolute atomic E-state index is 12.5. The highest BCUT2D eigenvalue weighted by atomic mass is 32.1. The van der Waals surface area contributed by atoms with E-state index in [1.54, 1.807) is 6.92 Å². The quantitative estimate of drug-likeness (QED) is 0.699. The van der Waals surface area contributed by atoms with Crippen LogP contribution in [0.2, 0.25) is 0 Å². The summed E-state index contributed by atoms with van der Waals surface area (Å²) >= 11 is 1.03. The van der Waals surface area contributed by atoms with E-state index < -0.39 is 11.9 Å². The van der Waals surface area contributed by atoms with Gasteiger partial charge in [0.25, 0.3) is 0 Å². The number of anilines is 1. The minimum atomic E-state index is -0.595. The summed E-state index contributed by atoms with van der Waals surface area (Å²) in [5, 5.41) is 3.08. The van der Waals surface area contributed by atoms with Gasteiger partial charge in [-0.05, 0) is 25.5 Å². The summed E-state index contributed by atoms with van der Waals surface area (Å²) in [5.41, 5.74) is 0.645. The van der Waals surface area contributed by atoms with Gasteiger partial charge in [0, 0.05) is 26.2 Å². The minimum absolute atomic E-state index is 0.198. The minimum Gasteiger partial charge on any atom is -0.465 e. The van der Waals surface area contributed by atoms with E-state index in [0.717, 1.165) is 50.5 Å². The van der Waals surface area contributed by atoms with E-state index in [2.05, 4.69) is 22.0 Å². The molecule has 8 nitrogen and oxygen atoms in total. The molecule has 9 heteroatoms. The van der Waals surface area contributed by atoms with Crippen LogP contribution in [0.3, 0.4) is 0 Å². The Bertz CT molecular complexity index is 695. The molecule has 1 saturated heterocycles. The molecule has 27 heavy (non-hydrogen) atoms. The fourth-order valence-corrected chi connectivity index (χ4v) is 4.22. The van der Waals surface area contributed by atoms with Crippen LogP contribution in [0.5, 0.6) is 0 Å². The molecule has 0 spiro atoms. The van der Waals surface area contributed by atoms with Crippen LogP contribution in [-0.2, 0) is 14.3 Å². The zero-order valence-electron chi connectivity index (χ0n) is 16.3. The number of nitrogens with zero attached hydrogens (tertiary/aromatic N) is 2. The number of nitrogens with one attached hydrogen (secondary N) is 1. The summed E-state index contributed by atoms with van der Waals surface area (Å²) in [7, 11) is 2.54. The zero-order chi connectivity index (χ0) is 20.0. The molecule has 2 heterocycles. The molecule has 1 aliphatic rings. The summed E-state index contributed by atoms with van der Waals surface area (Å²) in [6.07, 6.45) is 1.12. The number of carbonyl (C=O) groups is 3.